The summed E-state index contributed by atoms with van der Waals surface area (Å²) in [6, 6.07) is 59.8. The molecule has 0 N–H and O–H groups in total. The number of aromatic nitrogens is 10. The largest absolute Gasteiger partial charge is 0.253 e. The van der Waals surface area contributed by atoms with Crippen molar-refractivity contribution in [3.8, 4) is 108 Å². The minimum Gasteiger partial charge on any atom is -0.253 e. The zero-order valence-electron chi connectivity index (χ0n) is 35.0. The molecule has 0 saturated carbocycles. The molecule has 0 aliphatic heterocycles. The third-order valence-electron chi connectivity index (χ3n) is 11.1. The third kappa shape index (κ3) is 7.78. The van der Waals surface area contributed by atoms with Crippen molar-refractivity contribution in [3.05, 3.63) is 206 Å². The average molecular weight is 848 g/mol. The molecule has 11 rings (SSSR count). The van der Waals surface area contributed by atoms with E-state index in [4.69, 9.17) is 29.9 Å². The Morgan fingerprint density at radius 3 is 1.21 bits per heavy atom. The quantitative estimate of drug-likeness (QED) is 0.136. The summed E-state index contributed by atoms with van der Waals surface area (Å²) in [4.78, 5) is 47.5. The number of rotatable bonds is 9. The maximum atomic E-state index is 9.65. The topological polar surface area (TPSA) is 153 Å². The van der Waals surface area contributed by atoms with Crippen LogP contribution >= 0.6 is 0 Å². The zero-order chi connectivity index (χ0) is 44.2. The molecule has 308 valence electrons. The van der Waals surface area contributed by atoms with E-state index in [-0.39, 0.29) is 0 Å². The summed E-state index contributed by atoms with van der Waals surface area (Å²) < 4.78 is 0. The van der Waals surface area contributed by atoms with Crippen molar-refractivity contribution in [2.24, 2.45) is 0 Å². The van der Waals surface area contributed by atoms with E-state index in [2.05, 4.69) is 80.6 Å². The Morgan fingerprint density at radius 2 is 0.727 bits per heavy atom. The minimum absolute atomic E-state index is 0.443. The van der Waals surface area contributed by atoms with Crippen LogP contribution in [-0.2, 0) is 0 Å². The van der Waals surface area contributed by atoms with Crippen molar-refractivity contribution in [2.75, 3.05) is 0 Å². The minimum atomic E-state index is 0.443. The van der Waals surface area contributed by atoms with Gasteiger partial charge < -0.3 is 0 Å². The van der Waals surface area contributed by atoms with Gasteiger partial charge in [0.15, 0.2) is 34.9 Å². The zero-order valence-corrected chi connectivity index (χ0v) is 35.0. The average Bonchev–Trinajstić information content (AvgIpc) is 3.41. The van der Waals surface area contributed by atoms with Crippen LogP contribution in [0.15, 0.2) is 201 Å². The maximum absolute atomic E-state index is 9.65. The van der Waals surface area contributed by atoms with Crippen LogP contribution in [0.2, 0.25) is 0 Å². The van der Waals surface area contributed by atoms with E-state index in [9.17, 15) is 5.26 Å². The molecule has 0 atom stereocenters. The predicted octanol–water partition coefficient (Wildman–Crippen LogP) is 11.7. The summed E-state index contributed by atoms with van der Waals surface area (Å²) in [6.07, 6.45) is 6.90. The molecule has 0 amide bonds. The lowest BCUT2D eigenvalue weighted by Crippen LogP contribution is -2.02. The number of fused-ring (bicyclic) bond motifs is 1. The Balaban J connectivity index is 1.09. The molecular formula is C55H33N11. The summed E-state index contributed by atoms with van der Waals surface area (Å²) in [5.41, 5.74) is 10.7. The second-order valence-electron chi connectivity index (χ2n) is 15.2. The molecule has 0 unspecified atom stereocenters. The fourth-order valence-corrected chi connectivity index (χ4v) is 7.94. The first-order chi connectivity index (χ1) is 32.6. The lowest BCUT2D eigenvalue weighted by atomic mass is 9.85. The smallest absolute Gasteiger partial charge is 0.182 e. The molecule has 0 bridgehead atoms. The first-order valence-electron chi connectivity index (χ1n) is 21.1. The summed E-state index contributed by atoms with van der Waals surface area (Å²) in [5, 5.41) is 11.8. The van der Waals surface area contributed by atoms with Gasteiger partial charge in [0, 0.05) is 35.9 Å². The lowest BCUT2D eigenvalue weighted by molar-refractivity contribution is 1.05. The van der Waals surface area contributed by atoms with Crippen LogP contribution in [-0.4, -0.2) is 49.8 Å². The summed E-state index contributed by atoms with van der Waals surface area (Å²) in [6.45, 7) is 0. The number of benzene rings is 5. The van der Waals surface area contributed by atoms with Gasteiger partial charge in [-0.3, -0.25) is 19.9 Å². The fourth-order valence-electron chi connectivity index (χ4n) is 7.94. The second kappa shape index (κ2) is 17.3. The summed E-state index contributed by atoms with van der Waals surface area (Å²) in [5.74, 6) is 2.78. The Morgan fingerprint density at radius 1 is 0.303 bits per heavy atom. The van der Waals surface area contributed by atoms with Crippen LogP contribution in [0.3, 0.4) is 0 Å². The van der Waals surface area contributed by atoms with Crippen molar-refractivity contribution < 1.29 is 0 Å². The highest BCUT2D eigenvalue weighted by atomic mass is 15.1. The molecule has 0 radical (unpaired) electrons. The number of hydrogen-bond donors (Lipinski definition) is 0. The molecule has 6 aromatic heterocycles. The molecule has 0 aliphatic carbocycles. The van der Waals surface area contributed by atoms with Crippen LogP contribution in [0.4, 0.5) is 0 Å². The second-order valence-corrected chi connectivity index (χ2v) is 15.2. The van der Waals surface area contributed by atoms with Crippen molar-refractivity contribution in [3.63, 3.8) is 0 Å². The first-order valence-corrected chi connectivity index (χ1v) is 21.1. The Labute approximate surface area is 379 Å². The van der Waals surface area contributed by atoms with Gasteiger partial charge in [-0.15, -0.1) is 0 Å². The van der Waals surface area contributed by atoms with Gasteiger partial charge in [0.2, 0.25) is 0 Å². The molecule has 5 aromatic carbocycles. The van der Waals surface area contributed by atoms with E-state index in [1.165, 1.54) is 0 Å². The molecule has 11 aromatic rings. The standard InChI is InChI=1S/C55H33N11/c56-34-35-20-22-36(23-21-35)43-33-44(39-12-11-13-40(32-39)51-63-54(47-18-5-9-30-59-47)66-55(64-51)48-19-6-10-31-60-48)49(42-15-2-1-14-41(42)43)37-24-26-38(27-25-37)50-61-52(45-16-3-7-28-57-45)65-53(62-50)46-17-4-8-29-58-46/h1-33H. The van der Waals surface area contributed by atoms with Crippen LogP contribution in [0, 0.1) is 11.3 Å². The van der Waals surface area contributed by atoms with Crippen LogP contribution in [0.5, 0.6) is 0 Å². The highest BCUT2D eigenvalue weighted by Gasteiger charge is 2.20. The van der Waals surface area contributed by atoms with Crippen molar-refractivity contribution in [1.82, 2.24) is 49.8 Å². The van der Waals surface area contributed by atoms with E-state index in [1.807, 2.05) is 121 Å². The normalized spacial score (nSPS) is 11.0. The third-order valence-corrected chi connectivity index (χ3v) is 11.1. The fraction of sp³-hybridized carbons (Fsp3) is 0. The van der Waals surface area contributed by atoms with Crippen molar-refractivity contribution in [2.45, 2.75) is 0 Å². The molecule has 0 saturated heterocycles. The van der Waals surface area contributed by atoms with Crippen molar-refractivity contribution in [1.29, 1.82) is 5.26 Å². The number of pyridine rings is 4. The Bertz CT molecular complexity index is 3450. The van der Waals surface area contributed by atoms with Gasteiger partial charge in [0.25, 0.3) is 0 Å². The first kappa shape index (κ1) is 39.3. The SMILES string of the molecule is N#Cc1ccc(-c2cc(-c3cccc(-c4nc(-c5ccccn5)nc(-c5ccccn5)n4)c3)c(-c3ccc(-c4nc(-c5ccccn5)nc(-c5ccccn5)n4)cc3)c3ccccc23)cc1. The van der Waals surface area contributed by atoms with Crippen LogP contribution in [0.1, 0.15) is 5.56 Å². The summed E-state index contributed by atoms with van der Waals surface area (Å²) >= 11 is 0. The Kier molecular flexibility index (Phi) is 10.3. The summed E-state index contributed by atoms with van der Waals surface area (Å²) in [7, 11) is 0. The van der Waals surface area contributed by atoms with Crippen molar-refractivity contribution >= 4 is 10.8 Å². The van der Waals surface area contributed by atoms with E-state index in [0.29, 0.717) is 63.3 Å². The molecule has 6 heterocycles. The molecule has 11 nitrogen and oxygen atoms in total. The molecule has 0 spiro atoms. The lowest BCUT2D eigenvalue weighted by Gasteiger charge is -2.19. The molecule has 66 heavy (non-hydrogen) atoms. The van der Waals surface area contributed by atoms with Crippen LogP contribution in [0.25, 0.3) is 113 Å². The molecule has 0 fully saturated rings. The van der Waals surface area contributed by atoms with E-state index in [1.54, 1.807) is 24.8 Å². The van der Waals surface area contributed by atoms with E-state index < -0.39 is 0 Å². The molecule has 0 aliphatic rings. The molecule has 11 heteroatoms. The number of hydrogen-bond acceptors (Lipinski definition) is 11. The highest BCUT2D eigenvalue weighted by molar-refractivity contribution is 6.11. The van der Waals surface area contributed by atoms with Gasteiger partial charge in [-0.1, -0.05) is 103 Å². The monoisotopic (exact) mass is 847 g/mol. The van der Waals surface area contributed by atoms with Gasteiger partial charge >= 0.3 is 0 Å². The van der Waals surface area contributed by atoms with Gasteiger partial charge in [0.05, 0.1) is 11.6 Å². The number of nitrogens with zero attached hydrogens (tertiary/aromatic N) is 11. The predicted molar refractivity (Wildman–Crippen MR) is 256 cm³/mol. The van der Waals surface area contributed by atoms with E-state index in [0.717, 1.165) is 55.3 Å². The highest BCUT2D eigenvalue weighted by Crippen LogP contribution is 2.44. The van der Waals surface area contributed by atoms with Gasteiger partial charge in [-0.2, -0.15) is 5.26 Å². The molecular weight excluding hydrogens is 815 g/mol. The van der Waals surface area contributed by atoms with Gasteiger partial charge in [-0.05, 0) is 117 Å². The van der Waals surface area contributed by atoms with Gasteiger partial charge in [-0.25, -0.2) is 29.9 Å². The van der Waals surface area contributed by atoms with Gasteiger partial charge in [0.1, 0.15) is 22.8 Å². The van der Waals surface area contributed by atoms with E-state index >= 15 is 0 Å². The maximum Gasteiger partial charge on any atom is 0.182 e. The Hall–Kier alpha value is -9.53. The number of nitriles is 1. The van der Waals surface area contributed by atoms with Crippen LogP contribution < -0.4 is 0 Å².